The summed E-state index contributed by atoms with van der Waals surface area (Å²) in [6.45, 7) is 2.44. The van der Waals surface area contributed by atoms with Crippen LogP contribution in [0.2, 0.25) is 0 Å². The molecule has 1 aliphatic heterocycles. The molecule has 4 rings (SSSR count). The van der Waals surface area contributed by atoms with Gasteiger partial charge in [-0.3, -0.25) is 10.1 Å². The van der Waals surface area contributed by atoms with Crippen molar-refractivity contribution in [3.05, 3.63) is 54.1 Å². The van der Waals surface area contributed by atoms with E-state index in [2.05, 4.69) is 15.5 Å². The Bertz CT molecular complexity index is 1190. The van der Waals surface area contributed by atoms with Gasteiger partial charge in [-0.1, -0.05) is 11.5 Å². The predicted molar refractivity (Wildman–Crippen MR) is 123 cm³/mol. The topological polar surface area (TPSA) is 105 Å². The van der Waals surface area contributed by atoms with Gasteiger partial charge in [0.05, 0.1) is 4.90 Å². The van der Waals surface area contributed by atoms with Crippen molar-refractivity contribution in [3.63, 3.8) is 0 Å². The van der Waals surface area contributed by atoms with Gasteiger partial charge < -0.3 is 4.42 Å². The second-order valence-corrected chi connectivity index (χ2v) is 10.4. The number of nitrogens with one attached hydrogen (secondary N) is 1. The van der Waals surface area contributed by atoms with Crippen molar-refractivity contribution in [2.75, 3.05) is 18.1 Å². The average molecular weight is 473 g/mol. The second kappa shape index (κ2) is 9.43. The SMILES string of the molecule is CSc1ccc(-c2nnc(NC(=O)c3ccc(S(=O)(=O)N4CCCC[C@@H]4C)cc3)o2)cc1. The molecule has 0 saturated carbocycles. The number of benzene rings is 2. The lowest BCUT2D eigenvalue weighted by molar-refractivity contribution is 0.102. The van der Waals surface area contributed by atoms with Crippen LogP contribution in [0.1, 0.15) is 36.5 Å². The molecule has 1 aliphatic rings. The van der Waals surface area contributed by atoms with E-state index >= 15 is 0 Å². The number of carbonyl (C=O) groups is 1. The molecule has 8 nitrogen and oxygen atoms in total. The van der Waals surface area contributed by atoms with Crippen molar-refractivity contribution in [2.24, 2.45) is 0 Å². The van der Waals surface area contributed by atoms with Crippen LogP contribution in [0.5, 0.6) is 0 Å². The van der Waals surface area contributed by atoms with E-state index in [1.165, 1.54) is 28.6 Å². The predicted octanol–water partition coefficient (Wildman–Crippen LogP) is 4.27. The number of thioether (sulfide) groups is 1. The van der Waals surface area contributed by atoms with Crippen molar-refractivity contribution in [3.8, 4) is 11.5 Å². The molecule has 0 radical (unpaired) electrons. The number of rotatable bonds is 6. The van der Waals surface area contributed by atoms with Crippen molar-refractivity contribution in [1.82, 2.24) is 14.5 Å². The van der Waals surface area contributed by atoms with E-state index in [4.69, 9.17) is 4.42 Å². The molecule has 0 aliphatic carbocycles. The van der Waals surface area contributed by atoms with Crippen LogP contribution in [0.15, 0.2) is 62.7 Å². The van der Waals surface area contributed by atoms with E-state index in [-0.39, 0.29) is 17.0 Å². The molecule has 168 valence electrons. The Balaban J connectivity index is 1.45. The highest BCUT2D eigenvalue weighted by Gasteiger charge is 2.31. The molecule has 0 bridgehead atoms. The summed E-state index contributed by atoms with van der Waals surface area (Å²) in [6.07, 6.45) is 4.74. The molecule has 1 N–H and O–H groups in total. The fourth-order valence-corrected chi connectivity index (χ4v) is 5.74. The summed E-state index contributed by atoms with van der Waals surface area (Å²) < 4.78 is 33.0. The van der Waals surface area contributed by atoms with Crippen molar-refractivity contribution in [1.29, 1.82) is 0 Å². The molecule has 32 heavy (non-hydrogen) atoms. The number of hydrogen-bond donors (Lipinski definition) is 1. The van der Waals surface area contributed by atoms with E-state index in [1.807, 2.05) is 37.4 Å². The van der Waals surface area contributed by atoms with Gasteiger partial charge in [-0.05, 0) is 74.6 Å². The number of carbonyl (C=O) groups excluding carboxylic acids is 1. The van der Waals surface area contributed by atoms with Gasteiger partial charge in [0.15, 0.2) is 0 Å². The van der Waals surface area contributed by atoms with Crippen molar-refractivity contribution in [2.45, 2.75) is 42.0 Å². The van der Waals surface area contributed by atoms with Crippen LogP contribution < -0.4 is 5.32 Å². The van der Waals surface area contributed by atoms with Gasteiger partial charge in [0.25, 0.3) is 5.91 Å². The van der Waals surface area contributed by atoms with Gasteiger partial charge in [-0.2, -0.15) is 4.31 Å². The van der Waals surface area contributed by atoms with Gasteiger partial charge in [-0.25, -0.2) is 8.42 Å². The minimum absolute atomic E-state index is 0.0274. The maximum Gasteiger partial charge on any atom is 0.322 e. The Morgan fingerprint density at radius 3 is 2.47 bits per heavy atom. The van der Waals surface area contributed by atoms with Gasteiger partial charge >= 0.3 is 6.01 Å². The van der Waals surface area contributed by atoms with E-state index in [0.29, 0.717) is 18.0 Å². The number of aromatic nitrogens is 2. The van der Waals surface area contributed by atoms with Gasteiger partial charge in [0.1, 0.15) is 0 Å². The normalized spacial score (nSPS) is 17.2. The Morgan fingerprint density at radius 1 is 1.09 bits per heavy atom. The third kappa shape index (κ3) is 4.72. The molecule has 2 aromatic carbocycles. The molecule has 1 amide bonds. The van der Waals surface area contributed by atoms with Crippen LogP contribution in [-0.4, -0.2) is 47.7 Å². The summed E-state index contributed by atoms with van der Waals surface area (Å²) >= 11 is 1.63. The molecule has 3 aromatic rings. The molecule has 10 heteroatoms. The Kier molecular flexibility index (Phi) is 6.63. The lowest BCUT2D eigenvalue weighted by atomic mass is 10.1. The summed E-state index contributed by atoms with van der Waals surface area (Å²) in [4.78, 5) is 13.8. The zero-order valence-corrected chi connectivity index (χ0v) is 19.4. The second-order valence-electron chi connectivity index (χ2n) is 7.58. The first-order valence-corrected chi connectivity index (χ1v) is 13.0. The summed E-state index contributed by atoms with van der Waals surface area (Å²) in [7, 11) is -3.59. The molecule has 1 atom stereocenters. The number of piperidine rings is 1. The van der Waals surface area contributed by atoms with Crippen LogP contribution in [0.4, 0.5) is 6.01 Å². The molecule has 1 aromatic heterocycles. The first-order chi connectivity index (χ1) is 15.4. The Morgan fingerprint density at radius 2 is 1.81 bits per heavy atom. The minimum atomic E-state index is -3.59. The van der Waals surface area contributed by atoms with Crippen LogP contribution in [0.3, 0.4) is 0 Å². The van der Waals surface area contributed by atoms with Crippen molar-refractivity contribution < 1.29 is 17.6 Å². The molecular formula is C22H24N4O4S2. The van der Waals surface area contributed by atoms with E-state index < -0.39 is 15.9 Å². The maximum atomic E-state index is 12.9. The lowest BCUT2D eigenvalue weighted by Crippen LogP contribution is -2.41. The highest BCUT2D eigenvalue weighted by atomic mass is 32.2. The monoisotopic (exact) mass is 472 g/mol. The Labute approximate surface area is 191 Å². The first-order valence-electron chi connectivity index (χ1n) is 10.3. The fourth-order valence-electron chi connectivity index (χ4n) is 3.64. The lowest BCUT2D eigenvalue weighted by Gasteiger charge is -2.32. The first kappa shape index (κ1) is 22.5. The van der Waals surface area contributed by atoms with Gasteiger partial charge in [0.2, 0.25) is 15.9 Å². The van der Waals surface area contributed by atoms with E-state index in [9.17, 15) is 13.2 Å². The number of anilines is 1. The molecular weight excluding hydrogens is 448 g/mol. The zero-order valence-electron chi connectivity index (χ0n) is 17.8. The van der Waals surface area contributed by atoms with E-state index in [0.717, 1.165) is 29.7 Å². The van der Waals surface area contributed by atoms with Crippen LogP contribution in [-0.2, 0) is 10.0 Å². The number of sulfonamides is 1. The van der Waals surface area contributed by atoms with Crippen molar-refractivity contribution >= 4 is 33.7 Å². The standard InChI is InChI=1S/C22H24N4O4S2/c1-15-5-3-4-14-26(15)32(28,29)19-12-8-16(9-13-19)20(27)23-22-25-24-21(30-22)17-6-10-18(31-2)11-7-17/h6-13,15H,3-5,14H2,1-2H3,(H,23,25,27)/t15-/m0/s1. The van der Waals surface area contributed by atoms with E-state index in [1.54, 1.807) is 11.8 Å². The molecule has 0 unspecified atom stereocenters. The summed E-state index contributed by atoms with van der Waals surface area (Å²) in [5.41, 5.74) is 1.04. The fraction of sp³-hybridized carbons (Fsp3) is 0.318. The Hall–Kier alpha value is -2.69. The number of nitrogens with zero attached hydrogens (tertiary/aromatic N) is 3. The third-order valence-corrected chi connectivity index (χ3v) is 8.22. The largest absolute Gasteiger partial charge is 0.403 e. The van der Waals surface area contributed by atoms with Gasteiger partial charge in [0, 0.05) is 28.6 Å². The summed E-state index contributed by atoms with van der Waals surface area (Å²) in [5, 5.41) is 10.4. The van der Waals surface area contributed by atoms with Crippen LogP contribution in [0, 0.1) is 0 Å². The minimum Gasteiger partial charge on any atom is -0.403 e. The number of hydrogen-bond acceptors (Lipinski definition) is 7. The smallest absolute Gasteiger partial charge is 0.322 e. The average Bonchev–Trinajstić information content (AvgIpc) is 3.28. The third-order valence-electron chi connectivity index (χ3n) is 5.45. The zero-order chi connectivity index (χ0) is 22.7. The molecule has 1 fully saturated rings. The van der Waals surface area contributed by atoms with Crippen LogP contribution >= 0.6 is 11.8 Å². The number of amides is 1. The highest BCUT2D eigenvalue weighted by molar-refractivity contribution is 7.98. The maximum absolute atomic E-state index is 12.9. The molecule has 2 heterocycles. The van der Waals surface area contributed by atoms with Gasteiger partial charge in [-0.15, -0.1) is 16.9 Å². The highest BCUT2D eigenvalue weighted by Crippen LogP contribution is 2.26. The molecule has 1 saturated heterocycles. The molecule has 0 spiro atoms. The summed E-state index contributed by atoms with van der Waals surface area (Å²) in [6, 6.07) is 13.4. The summed E-state index contributed by atoms with van der Waals surface area (Å²) in [5.74, 6) is -0.168. The van der Waals surface area contributed by atoms with Crippen LogP contribution in [0.25, 0.3) is 11.5 Å². The quantitative estimate of drug-likeness (QED) is 0.534.